The maximum atomic E-state index is 13.5. The van der Waals surface area contributed by atoms with Crippen molar-refractivity contribution in [2.75, 3.05) is 0 Å². The fraction of sp³-hybridized carbons (Fsp3) is 0.111. The number of halogens is 3. The Morgan fingerprint density at radius 2 is 2.07 bits per heavy atom. The number of benzene rings is 1. The van der Waals surface area contributed by atoms with E-state index in [0.717, 1.165) is 6.07 Å². The van der Waals surface area contributed by atoms with E-state index < -0.39 is 16.7 Å². The minimum atomic E-state index is -0.846. The first-order valence-corrected chi connectivity index (χ1v) is 4.49. The molecular formula is C9H6ClF2N3. The molecule has 0 fully saturated rings. The Hall–Kier alpha value is -1.49. The highest BCUT2D eigenvalue weighted by atomic mass is 35.5. The van der Waals surface area contributed by atoms with Crippen LogP contribution in [0.5, 0.6) is 0 Å². The molecule has 0 aliphatic rings. The summed E-state index contributed by atoms with van der Waals surface area (Å²) in [5.74, 6) is -1.15. The van der Waals surface area contributed by atoms with Crippen molar-refractivity contribution in [3.63, 3.8) is 0 Å². The number of hydrogen-bond acceptors (Lipinski definition) is 2. The van der Waals surface area contributed by atoms with Crippen LogP contribution in [-0.4, -0.2) is 14.8 Å². The zero-order valence-electron chi connectivity index (χ0n) is 7.71. The average molecular weight is 230 g/mol. The van der Waals surface area contributed by atoms with Crippen molar-refractivity contribution in [2.24, 2.45) is 0 Å². The standard InChI is InChI=1S/C9H6ClF2N3/c1-5-13-4-15(14-5)7-3-2-6(11)8(10)9(7)12/h2-4H,1H3. The average Bonchev–Trinajstić information content (AvgIpc) is 2.61. The van der Waals surface area contributed by atoms with Crippen LogP contribution in [0.25, 0.3) is 5.69 Å². The molecule has 0 aliphatic carbocycles. The molecule has 2 aromatic rings. The minimum Gasteiger partial charge on any atom is -0.220 e. The molecule has 0 saturated carbocycles. The van der Waals surface area contributed by atoms with Gasteiger partial charge in [0.25, 0.3) is 0 Å². The molecule has 0 bridgehead atoms. The summed E-state index contributed by atoms with van der Waals surface area (Å²) in [5.41, 5.74) is 0.0713. The largest absolute Gasteiger partial charge is 0.220 e. The van der Waals surface area contributed by atoms with Crippen LogP contribution in [0.2, 0.25) is 5.02 Å². The summed E-state index contributed by atoms with van der Waals surface area (Å²) in [6.45, 7) is 1.67. The quantitative estimate of drug-likeness (QED) is 0.704. The first kappa shape index (κ1) is 10.0. The fourth-order valence-corrected chi connectivity index (χ4v) is 1.31. The van der Waals surface area contributed by atoms with Gasteiger partial charge in [-0.1, -0.05) is 11.6 Å². The lowest BCUT2D eigenvalue weighted by Crippen LogP contribution is -2.00. The number of aryl methyl sites for hydroxylation is 1. The Labute approximate surface area is 89.3 Å². The SMILES string of the molecule is Cc1ncn(-c2ccc(F)c(Cl)c2F)n1. The summed E-state index contributed by atoms with van der Waals surface area (Å²) in [5, 5.41) is 3.36. The van der Waals surface area contributed by atoms with Gasteiger partial charge < -0.3 is 0 Å². The van der Waals surface area contributed by atoms with Crippen molar-refractivity contribution < 1.29 is 8.78 Å². The van der Waals surface area contributed by atoms with Crippen molar-refractivity contribution >= 4 is 11.6 Å². The predicted octanol–water partition coefficient (Wildman–Crippen LogP) is 2.51. The Morgan fingerprint density at radius 1 is 1.33 bits per heavy atom. The van der Waals surface area contributed by atoms with E-state index in [-0.39, 0.29) is 5.69 Å². The van der Waals surface area contributed by atoms with Crippen molar-refractivity contribution in [3.8, 4) is 5.69 Å². The molecule has 3 nitrogen and oxygen atoms in total. The first-order valence-electron chi connectivity index (χ1n) is 4.11. The number of nitrogens with zero attached hydrogens (tertiary/aromatic N) is 3. The van der Waals surface area contributed by atoms with Crippen molar-refractivity contribution in [1.29, 1.82) is 0 Å². The zero-order valence-corrected chi connectivity index (χ0v) is 8.46. The van der Waals surface area contributed by atoms with Gasteiger partial charge in [0, 0.05) is 0 Å². The molecule has 1 aromatic carbocycles. The third-order valence-electron chi connectivity index (χ3n) is 1.87. The number of hydrogen-bond donors (Lipinski definition) is 0. The van der Waals surface area contributed by atoms with Gasteiger partial charge in [-0.05, 0) is 19.1 Å². The maximum absolute atomic E-state index is 13.5. The molecule has 0 aliphatic heterocycles. The summed E-state index contributed by atoms with van der Waals surface area (Å²) in [7, 11) is 0. The summed E-state index contributed by atoms with van der Waals surface area (Å²) < 4.78 is 27.6. The maximum Gasteiger partial charge on any atom is 0.170 e. The van der Waals surface area contributed by atoms with Crippen LogP contribution in [0, 0.1) is 18.6 Å². The highest BCUT2D eigenvalue weighted by Gasteiger charge is 2.13. The molecule has 78 valence electrons. The van der Waals surface area contributed by atoms with Gasteiger partial charge in [-0.15, -0.1) is 0 Å². The van der Waals surface area contributed by atoms with E-state index >= 15 is 0 Å². The molecule has 0 amide bonds. The van der Waals surface area contributed by atoms with E-state index in [1.165, 1.54) is 17.1 Å². The van der Waals surface area contributed by atoms with Crippen LogP contribution >= 0.6 is 11.6 Å². The highest BCUT2D eigenvalue weighted by Crippen LogP contribution is 2.23. The van der Waals surface area contributed by atoms with Gasteiger partial charge in [0.1, 0.15) is 28.7 Å². The smallest absolute Gasteiger partial charge is 0.170 e. The van der Waals surface area contributed by atoms with Crippen LogP contribution in [0.15, 0.2) is 18.5 Å². The molecule has 1 aromatic heterocycles. The Bertz CT molecular complexity index is 510. The zero-order chi connectivity index (χ0) is 11.0. The third-order valence-corrected chi connectivity index (χ3v) is 2.21. The van der Waals surface area contributed by atoms with Crippen LogP contribution in [0.4, 0.5) is 8.78 Å². The van der Waals surface area contributed by atoms with E-state index in [9.17, 15) is 8.78 Å². The van der Waals surface area contributed by atoms with Crippen LogP contribution in [-0.2, 0) is 0 Å². The molecule has 1 heterocycles. The Morgan fingerprint density at radius 3 is 2.67 bits per heavy atom. The van der Waals surface area contributed by atoms with E-state index in [2.05, 4.69) is 10.1 Å². The topological polar surface area (TPSA) is 30.7 Å². The van der Waals surface area contributed by atoms with E-state index in [0.29, 0.717) is 5.82 Å². The van der Waals surface area contributed by atoms with Crippen molar-refractivity contribution in [2.45, 2.75) is 6.92 Å². The Kier molecular flexibility index (Phi) is 2.40. The van der Waals surface area contributed by atoms with E-state index in [1.54, 1.807) is 6.92 Å². The minimum absolute atomic E-state index is 0.0713. The van der Waals surface area contributed by atoms with Gasteiger partial charge in [0.05, 0.1) is 0 Å². The second kappa shape index (κ2) is 3.58. The van der Waals surface area contributed by atoms with Gasteiger partial charge in [0.15, 0.2) is 5.82 Å². The molecular weight excluding hydrogens is 224 g/mol. The van der Waals surface area contributed by atoms with Crippen LogP contribution in [0.3, 0.4) is 0 Å². The summed E-state index contributed by atoms with van der Waals surface area (Å²) in [6.07, 6.45) is 1.34. The van der Waals surface area contributed by atoms with E-state index in [4.69, 9.17) is 11.6 Å². The normalized spacial score (nSPS) is 10.7. The van der Waals surface area contributed by atoms with Crippen LogP contribution < -0.4 is 0 Å². The highest BCUT2D eigenvalue weighted by molar-refractivity contribution is 6.31. The number of rotatable bonds is 1. The monoisotopic (exact) mass is 229 g/mol. The number of aromatic nitrogens is 3. The first-order chi connectivity index (χ1) is 7.09. The molecule has 0 atom stereocenters. The molecule has 0 radical (unpaired) electrons. The summed E-state index contributed by atoms with van der Waals surface area (Å²) in [6, 6.07) is 2.34. The van der Waals surface area contributed by atoms with Crippen molar-refractivity contribution in [1.82, 2.24) is 14.8 Å². The fourth-order valence-electron chi connectivity index (χ4n) is 1.15. The second-order valence-electron chi connectivity index (χ2n) is 2.93. The van der Waals surface area contributed by atoms with Crippen molar-refractivity contribution in [3.05, 3.63) is 40.9 Å². The summed E-state index contributed by atoms with van der Waals surface area (Å²) in [4.78, 5) is 3.83. The predicted molar refractivity (Wildman–Crippen MR) is 51.0 cm³/mol. The lowest BCUT2D eigenvalue weighted by Gasteiger charge is -2.03. The Balaban J connectivity index is 2.59. The lowest BCUT2D eigenvalue weighted by atomic mass is 10.3. The lowest BCUT2D eigenvalue weighted by molar-refractivity contribution is 0.574. The molecule has 0 spiro atoms. The summed E-state index contributed by atoms with van der Waals surface area (Å²) >= 11 is 5.43. The molecule has 0 N–H and O–H groups in total. The van der Waals surface area contributed by atoms with E-state index in [1.807, 2.05) is 0 Å². The molecule has 6 heteroatoms. The van der Waals surface area contributed by atoms with Gasteiger partial charge in [0.2, 0.25) is 0 Å². The van der Waals surface area contributed by atoms with Crippen LogP contribution in [0.1, 0.15) is 5.82 Å². The second-order valence-corrected chi connectivity index (χ2v) is 3.31. The van der Waals surface area contributed by atoms with Gasteiger partial charge in [-0.3, -0.25) is 0 Å². The molecule has 15 heavy (non-hydrogen) atoms. The molecule has 0 unspecified atom stereocenters. The third kappa shape index (κ3) is 1.70. The van der Waals surface area contributed by atoms with Gasteiger partial charge in [-0.25, -0.2) is 18.4 Å². The molecule has 2 rings (SSSR count). The molecule has 0 saturated heterocycles. The van der Waals surface area contributed by atoms with Gasteiger partial charge in [-0.2, -0.15) is 5.10 Å². The van der Waals surface area contributed by atoms with Gasteiger partial charge >= 0.3 is 0 Å².